The summed E-state index contributed by atoms with van der Waals surface area (Å²) in [6.07, 6.45) is 3.47. The van der Waals surface area contributed by atoms with E-state index in [1.165, 1.54) is 0 Å². The largest absolute Gasteiger partial charge is 0.444 e. The second-order valence-electron chi connectivity index (χ2n) is 9.43. The number of hydrogen-bond donors (Lipinski definition) is 1. The van der Waals surface area contributed by atoms with Crippen LogP contribution in [0.4, 0.5) is 10.5 Å². The van der Waals surface area contributed by atoms with E-state index >= 15 is 0 Å². The molecular formula is C25H28N6O2. The molecule has 0 spiro atoms. The van der Waals surface area contributed by atoms with E-state index in [0.717, 1.165) is 47.3 Å². The minimum Gasteiger partial charge on any atom is -0.444 e. The van der Waals surface area contributed by atoms with Crippen LogP contribution in [0.2, 0.25) is 0 Å². The summed E-state index contributed by atoms with van der Waals surface area (Å²) in [4.78, 5) is 19.6. The molecule has 0 bridgehead atoms. The van der Waals surface area contributed by atoms with Gasteiger partial charge in [-0.15, -0.1) is 10.2 Å². The van der Waals surface area contributed by atoms with E-state index in [9.17, 15) is 4.79 Å². The molecule has 0 saturated carbocycles. The van der Waals surface area contributed by atoms with Crippen LogP contribution in [0.1, 0.15) is 33.6 Å². The van der Waals surface area contributed by atoms with Gasteiger partial charge in [0.2, 0.25) is 0 Å². The van der Waals surface area contributed by atoms with Gasteiger partial charge in [0, 0.05) is 30.7 Å². The monoisotopic (exact) mass is 444 g/mol. The van der Waals surface area contributed by atoms with Crippen LogP contribution in [0.25, 0.3) is 28.1 Å². The molecule has 1 atom stereocenters. The molecule has 33 heavy (non-hydrogen) atoms. The first-order valence-electron chi connectivity index (χ1n) is 11.3. The standard InChI is InChI=1S/C25H28N6O2/c1-25(2,3)33-24(32)26-18-9-7-14-30(16-18)20-10-6-8-17-12-13-19(27-22(17)20)23-29-28-21-11-4-5-15-31(21)23/h4-6,8,10-13,15,18H,7,9,14,16H2,1-3H3,(H,26,32). The van der Waals surface area contributed by atoms with E-state index < -0.39 is 5.60 Å². The van der Waals surface area contributed by atoms with E-state index in [1.807, 2.05) is 55.6 Å². The van der Waals surface area contributed by atoms with E-state index in [2.05, 4.69) is 44.7 Å². The van der Waals surface area contributed by atoms with Crippen molar-refractivity contribution in [3.63, 3.8) is 0 Å². The van der Waals surface area contributed by atoms with Crippen LogP contribution < -0.4 is 10.2 Å². The molecule has 3 aromatic heterocycles. The van der Waals surface area contributed by atoms with Crippen molar-refractivity contribution in [1.82, 2.24) is 24.9 Å². The van der Waals surface area contributed by atoms with E-state index in [1.54, 1.807) is 0 Å². The average molecular weight is 445 g/mol. The second kappa shape index (κ2) is 8.35. The van der Waals surface area contributed by atoms with Crippen molar-refractivity contribution < 1.29 is 9.53 Å². The van der Waals surface area contributed by atoms with E-state index in [0.29, 0.717) is 12.4 Å². The number of nitrogens with one attached hydrogen (secondary N) is 1. The van der Waals surface area contributed by atoms with Crippen LogP contribution in [-0.4, -0.2) is 50.4 Å². The van der Waals surface area contributed by atoms with E-state index in [4.69, 9.17) is 9.72 Å². The quantitative estimate of drug-likeness (QED) is 0.503. The fourth-order valence-corrected chi connectivity index (χ4v) is 4.32. The molecule has 4 aromatic rings. The SMILES string of the molecule is CC(C)(C)OC(=O)NC1CCCN(c2cccc3ccc(-c4nnc5ccccn45)nc23)C1. The zero-order valence-corrected chi connectivity index (χ0v) is 19.2. The minimum absolute atomic E-state index is 0.0208. The number of fused-ring (bicyclic) bond motifs is 2. The first-order chi connectivity index (χ1) is 15.9. The first kappa shape index (κ1) is 21.2. The number of aromatic nitrogens is 4. The second-order valence-corrected chi connectivity index (χ2v) is 9.43. The lowest BCUT2D eigenvalue weighted by Crippen LogP contribution is -2.49. The van der Waals surface area contributed by atoms with Crippen LogP contribution in [-0.2, 0) is 4.74 Å². The zero-order chi connectivity index (χ0) is 23.0. The number of anilines is 1. The molecule has 8 nitrogen and oxygen atoms in total. The van der Waals surface area contributed by atoms with Gasteiger partial charge in [-0.05, 0) is 57.9 Å². The minimum atomic E-state index is -0.514. The molecule has 1 amide bonds. The Morgan fingerprint density at radius 3 is 2.82 bits per heavy atom. The summed E-state index contributed by atoms with van der Waals surface area (Å²) in [5.41, 5.74) is 3.02. The van der Waals surface area contributed by atoms with Gasteiger partial charge in [0.25, 0.3) is 0 Å². The highest BCUT2D eigenvalue weighted by Crippen LogP contribution is 2.30. The van der Waals surface area contributed by atoms with Gasteiger partial charge in [0.15, 0.2) is 11.5 Å². The maximum atomic E-state index is 12.3. The van der Waals surface area contributed by atoms with Crippen molar-refractivity contribution in [2.45, 2.75) is 45.3 Å². The Kier molecular flexibility index (Phi) is 5.36. The Morgan fingerprint density at radius 1 is 1.09 bits per heavy atom. The lowest BCUT2D eigenvalue weighted by molar-refractivity contribution is 0.0500. The van der Waals surface area contributed by atoms with Gasteiger partial charge in [-0.25, -0.2) is 9.78 Å². The fourth-order valence-electron chi connectivity index (χ4n) is 4.32. The topological polar surface area (TPSA) is 84.6 Å². The number of piperidine rings is 1. The normalized spacial score (nSPS) is 16.8. The van der Waals surface area contributed by atoms with Crippen molar-refractivity contribution in [3.8, 4) is 11.5 Å². The van der Waals surface area contributed by atoms with Crippen molar-refractivity contribution in [3.05, 3.63) is 54.7 Å². The first-order valence-corrected chi connectivity index (χ1v) is 11.3. The molecule has 1 aliphatic rings. The van der Waals surface area contributed by atoms with Crippen LogP contribution in [0.3, 0.4) is 0 Å². The highest BCUT2D eigenvalue weighted by Gasteiger charge is 2.25. The predicted molar refractivity (Wildman–Crippen MR) is 128 cm³/mol. The number of rotatable bonds is 3. The lowest BCUT2D eigenvalue weighted by Gasteiger charge is -2.35. The van der Waals surface area contributed by atoms with Gasteiger partial charge < -0.3 is 15.0 Å². The Morgan fingerprint density at radius 2 is 1.97 bits per heavy atom. The van der Waals surface area contributed by atoms with Gasteiger partial charge in [0.05, 0.1) is 11.2 Å². The number of pyridine rings is 2. The van der Waals surface area contributed by atoms with Crippen molar-refractivity contribution >= 4 is 28.3 Å². The number of carbonyl (C=O) groups excluding carboxylic acids is 1. The number of nitrogens with zero attached hydrogens (tertiary/aromatic N) is 5. The predicted octanol–water partition coefficient (Wildman–Crippen LogP) is 4.44. The van der Waals surface area contributed by atoms with Gasteiger partial charge in [-0.1, -0.05) is 24.3 Å². The Labute approximate surface area is 192 Å². The summed E-state index contributed by atoms with van der Waals surface area (Å²) < 4.78 is 7.39. The summed E-state index contributed by atoms with van der Waals surface area (Å²) >= 11 is 0. The molecule has 1 saturated heterocycles. The number of para-hydroxylation sites is 1. The Balaban J connectivity index is 1.44. The third-order valence-corrected chi connectivity index (χ3v) is 5.72. The summed E-state index contributed by atoms with van der Waals surface area (Å²) in [7, 11) is 0. The molecule has 4 heterocycles. The number of ether oxygens (including phenoxy) is 1. The molecule has 0 radical (unpaired) electrons. The maximum absolute atomic E-state index is 12.3. The highest BCUT2D eigenvalue weighted by atomic mass is 16.6. The molecule has 5 rings (SSSR count). The van der Waals surface area contributed by atoms with Crippen LogP contribution >= 0.6 is 0 Å². The molecule has 0 aliphatic carbocycles. The highest BCUT2D eigenvalue weighted by molar-refractivity contribution is 5.92. The van der Waals surface area contributed by atoms with Gasteiger partial charge in [0.1, 0.15) is 11.3 Å². The van der Waals surface area contributed by atoms with E-state index in [-0.39, 0.29) is 12.1 Å². The summed E-state index contributed by atoms with van der Waals surface area (Å²) in [5, 5.41) is 12.7. The van der Waals surface area contributed by atoms with Crippen molar-refractivity contribution in [1.29, 1.82) is 0 Å². The van der Waals surface area contributed by atoms with Crippen molar-refractivity contribution in [2.75, 3.05) is 18.0 Å². The van der Waals surface area contributed by atoms with Gasteiger partial charge in [-0.2, -0.15) is 0 Å². The molecule has 170 valence electrons. The summed E-state index contributed by atoms with van der Waals surface area (Å²) in [6, 6.07) is 16.1. The average Bonchev–Trinajstić information content (AvgIpc) is 3.21. The molecule has 1 N–H and O–H groups in total. The Hall–Kier alpha value is -3.68. The van der Waals surface area contributed by atoms with Crippen LogP contribution in [0.15, 0.2) is 54.7 Å². The molecule has 1 unspecified atom stereocenters. The third kappa shape index (κ3) is 4.46. The fraction of sp³-hybridized carbons (Fsp3) is 0.360. The number of benzene rings is 1. The zero-order valence-electron chi connectivity index (χ0n) is 19.2. The van der Waals surface area contributed by atoms with Crippen LogP contribution in [0, 0.1) is 0 Å². The van der Waals surface area contributed by atoms with Gasteiger partial charge in [-0.3, -0.25) is 4.40 Å². The number of alkyl carbamates (subject to hydrolysis) is 1. The molecule has 1 aliphatic heterocycles. The van der Waals surface area contributed by atoms with Crippen LogP contribution in [0.5, 0.6) is 0 Å². The number of hydrogen-bond acceptors (Lipinski definition) is 6. The molecule has 1 aromatic carbocycles. The smallest absolute Gasteiger partial charge is 0.407 e. The third-order valence-electron chi connectivity index (χ3n) is 5.72. The number of carbonyl (C=O) groups is 1. The lowest BCUT2D eigenvalue weighted by atomic mass is 10.0. The van der Waals surface area contributed by atoms with Gasteiger partial charge >= 0.3 is 6.09 Å². The molecule has 1 fully saturated rings. The summed E-state index contributed by atoms with van der Waals surface area (Å²) in [5.74, 6) is 0.713. The number of amides is 1. The Bertz CT molecular complexity index is 1310. The maximum Gasteiger partial charge on any atom is 0.407 e. The van der Waals surface area contributed by atoms with Crippen molar-refractivity contribution in [2.24, 2.45) is 0 Å². The molecule has 8 heteroatoms. The molecular weight excluding hydrogens is 416 g/mol. The summed E-state index contributed by atoms with van der Waals surface area (Å²) in [6.45, 7) is 7.23.